The van der Waals surface area contributed by atoms with Gasteiger partial charge >= 0.3 is 5.97 Å². The van der Waals surface area contributed by atoms with E-state index in [-0.39, 0.29) is 23.9 Å². The van der Waals surface area contributed by atoms with Crippen molar-refractivity contribution in [3.8, 4) is 0 Å². The van der Waals surface area contributed by atoms with Gasteiger partial charge in [0.25, 0.3) is 0 Å². The van der Waals surface area contributed by atoms with Crippen molar-refractivity contribution in [2.24, 2.45) is 28.6 Å². The number of carbonyl (C=O) groups excluding carboxylic acids is 2. The van der Waals surface area contributed by atoms with Crippen molar-refractivity contribution in [1.29, 1.82) is 0 Å². The van der Waals surface area contributed by atoms with E-state index in [1.54, 1.807) is 13.0 Å². The molecule has 0 bridgehead atoms. The first kappa shape index (κ1) is 17.6. The van der Waals surface area contributed by atoms with Gasteiger partial charge in [-0.1, -0.05) is 27.7 Å². The summed E-state index contributed by atoms with van der Waals surface area (Å²) in [7, 11) is 0. The molecule has 5 heteroatoms. The van der Waals surface area contributed by atoms with Crippen molar-refractivity contribution >= 4 is 12.3 Å². The molecule has 0 aromatic carbocycles. The fraction of sp³-hybridized carbons (Fsp3) is 0.789. The van der Waals surface area contributed by atoms with Gasteiger partial charge in [-0.3, -0.25) is 0 Å². The van der Waals surface area contributed by atoms with E-state index in [0.717, 1.165) is 11.9 Å². The molecular weight excluding hydrogens is 308 g/mol. The molecule has 0 amide bonds. The fourth-order valence-electron chi connectivity index (χ4n) is 5.62. The van der Waals surface area contributed by atoms with Crippen LogP contribution in [0.4, 0.5) is 0 Å². The Morgan fingerprint density at radius 3 is 2.58 bits per heavy atom. The predicted molar refractivity (Wildman–Crippen MR) is 87.9 cm³/mol. The number of aldehydes is 1. The van der Waals surface area contributed by atoms with Crippen molar-refractivity contribution in [3.05, 3.63) is 11.6 Å². The number of aliphatic hydroxyl groups is 2. The zero-order chi connectivity index (χ0) is 17.9. The van der Waals surface area contributed by atoms with E-state index in [1.165, 1.54) is 0 Å². The molecule has 2 aliphatic carbocycles. The number of ether oxygens (including phenoxy) is 1. The maximum absolute atomic E-state index is 12.1. The van der Waals surface area contributed by atoms with Gasteiger partial charge in [0, 0.05) is 17.9 Å². The minimum atomic E-state index is -1.01. The summed E-state index contributed by atoms with van der Waals surface area (Å²) in [5, 5.41) is 21.4. The Labute approximate surface area is 143 Å². The molecule has 3 aliphatic rings. The van der Waals surface area contributed by atoms with Crippen LogP contribution >= 0.6 is 0 Å². The molecule has 2 saturated carbocycles. The van der Waals surface area contributed by atoms with Crippen LogP contribution in [0.5, 0.6) is 0 Å². The average Bonchev–Trinajstić information content (AvgIpc) is 2.51. The quantitative estimate of drug-likeness (QED) is 0.594. The number of carbonyl (C=O) groups is 2. The molecule has 0 aromatic rings. The molecule has 0 radical (unpaired) electrons. The number of hydrogen-bond acceptors (Lipinski definition) is 5. The molecule has 0 aromatic heterocycles. The number of aliphatic hydroxyl groups excluding tert-OH is 2. The predicted octanol–water partition coefficient (Wildman–Crippen LogP) is 1.86. The van der Waals surface area contributed by atoms with Crippen LogP contribution in [-0.2, 0) is 14.3 Å². The van der Waals surface area contributed by atoms with E-state index in [9.17, 15) is 19.8 Å². The SMILES string of the molecule is CC(C)[C@H]1OC(=O)C=C2C1CC(O)C1C2(C)CCC(O)[C@]1(C)C=O. The number of esters is 1. The number of cyclic esters (lactones) is 1. The van der Waals surface area contributed by atoms with Crippen LogP contribution in [0.1, 0.15) is 47.0 Å². The summed E-state index contributed by atoms with van der Waals surface area (Å²) in [5.74, 6) is -0.602. The van der Waals surface area contributed by atoms with Crippen LogP contribution in [0.15, 0.2) is 11.6 Å². The standard InChI is InChI=1S/C19H28O5/c1-10(2)16-11-7-13(21)17-18(3,12(11)8-15(23)24-16)6-5-14(22)19(17,4)9-20/h8-11,13-14,16-17,21-22H,5-7H2,1-4H3/t11?,13?,14?,16-,17?,18?,19+/m1/s1. The van der Waals surface area contributed by atoms with E-state index >= 15 is 0 Å². The van der Waals surface area contributed by atoms with Gasteiger partial charge in [-0.15, -0.1) is 0 Å². The monoisotopic (exact) mass is 336 g/mol. The van der Waals surface area contributed by atoms with E-state index in [2.05, 4.69) is 0 Å². The molecule has 5 nitrogen and oxygen atoms in total. The van der Waals surface area contributed by atoms with E-state index < -0.39 is 29.0 Å². The smallest absolute Gasteiger partial charge is 0.331 e. The van der Waals surface area contributed by atoms with E-state index in [1.807, 2.05) is 20.8 Å². The Morgan fingerprint density at radius 1 is 1.33 bits per heavy atom. The van der Waals surface area contributed by atoms with Crippen LogP contribution < -0.4 is 0 Å². The van der Waals surface area contributed by atoms with Gasteiger partial charge in [0.1, 0.15) is 12.4 Å². The number of hydrogen-bond donors (Lipinski definition) is 2. The highest BCUT2D eigenvalue weighted by Crippen LogP contribution is 2.62. The highest BCUT2D eigenvalue weighted by molar-refractivity contribution is 5.84. The van der Waals surface area contributed by atoms with Gasteiger partial charge in [-0.25, -0.2) is 4.79 Å². The Hall–Kier alpha value is -1.20. The first-order valence-corrected chi connectivity index (χ1v) is 8.90. The third kappa shape index (κ3) is 2.28. The van der Waals surface area contributed by atoms with Crippen molar-refractivity contribution in [3.63, 3.8) is 0 Å². The first-order chi connectivity index (χ1) is 11.1. The number of rotatable bonds is 2. The highest BCUT2D eigenvalue weighted by atomic mass is 16.5. The molecule has 2 fully saturated rings. The minimum absolute atomic E-state index is 0.0231. The molecule has 5 unspecified atom stereocenters. The lowest BCUT2D eigenvalue weighted by atomic mass is 9.45. The first-order valence-electron chi connectivity index (χ1n) is 8.90. The Bertz CT molecular complexity index is 582. The van der Waals surface area contributed by atoms with Crippen molar-refractivity contribution in [2.45, 2.75) is 65.3 Å². The Balaban J connectivity index is 2.11. The van der Waals surface area contributed by atoms with Crippen LogP contribution in [-0.4, -0.2) is 40.8 Å². The molecule has 1 heterocycles. The summed E-state index contributed by atoms with van der Waals surface area (Å²) in [6.07, 6.45) is 2.24. The topological polar surface area (TPSA) is 83.8 Å². The van der Waals surface area contributed by atoms with Gasteiger partial charge in [0.15, 0.2) is 0 Å². The van der Waals surface area contributed by atoms with Gasteiger partial charge in [-0.2, -0.15) is 0 Å². The normalized spacial score (nSPS) is 48.2. The lowest BCUT2D eigenvalue weighted by Crippen LogP contribution is -2.62. The maximum atomic E-state index is 12.1. The Morgan fingerprint density at radius 2 is 2.00 bits per heavy atom. The van der Waals surface area contributed by atoms with Crippen molar-refractivity contribution in [2.75, 3.05) is 0 Å². The summed E-state index contributed by atoms with van der Waals surface area (Å²) < 4.78 is 5.54. The van der Waals surface area contributed by atoms with Gasteiger partial charge in [0.05, 0.1) is 17.6 Å². The summed E-state index contributed by atoms with van der Waals surface area (Å²) in [6.45, 7) is 7.80. The third-order valence-electron chi connectivity index (χ3n) is 6.78. The average molecular weight is 336 g/mol. The maximum Gasteiger partial charge on any atom is 0.331 e. The van der Waals surface area contributed by atoms with Crippen LogP contribution in [0.2, 0.25) is 0 Å². The van der Waals surface area contributed by atoms with E-state index in [4.69, 9.17) is 4.74 Å². The minimum Gasteiger partial charge on any atom is -0.458 e. The second-order valence-corrected chi connectivity index (χ2v) is 8.59. The molecule has 24 heavy (non-hydrogen) atoms. The van der Waals surface area contributed by atoms with Crippen molar-refractivity contribution < 1.29 is 24.5 Å². The van der Waals surface area contributed by atoms with Crippen LogP contribution in [0.25, 0.3) is 0 Å². The molecule has 2 N–H and O–H groups in total. The van der Waals surface area contributed by atoms with Crippen LogP contribution in [0, 0.1) is 28.6 Å². The molecule has 134 valence electrons. The van der Waals surface area contributed by atoms with E-state index in [0.29, 0.717) is 19.3 Å². The summed E-state index contributed by atoms with van der Waals surface area (Å²) in [6, 6.07) is 0. The van der Waals surface area contributed by atoms with Gasteiger partial charge in [0.2, 0.25) is 0 Å². The molecule has 7 atom stereocenters. The summed E-state index contributed by atoms with van der Waals surface area (Å²) in [5.41, 5.74) is -0.496. The molecular formula is C19H28O5. The van der Waals surface area contributed by atoms with Gasteiger partial charge < -0.3 is 19.7 Å². The summed E-state index contributed by atoms with van der Waals surface area (Å²) >= 11 is 0. The van der Waals surface area contributed by atoms with Gasteiger partial charge in [-0.05, 0) is 36.2 Å². The number of fused-ring (bicyclic) bond motifs is 3. The fourth-order valence-corrected chi connectivity index (χ4v) is 5.62. The zero-order valence-corrected chi connectivity index (χ0v) is 14.9. The molecule has 0 saturated heterocycles. The molecule has 0 spiro atoms. The molecule has 1 aliphatic heterocycles. The summed E-state index contributed by atoms with van der Waals surface area (Å²) in [4.78, 5) is 24.0. The third-order valence-corrected chi connectivity index (χ3v) is 6.78. The second-order valence-electron chi connectivity index (χ2n) is 8.59. The van der Waals surface area contributed by atoms with Crippen molar-refractivity contribution in [1.82, 2.24) is 0 Å². The highest BCUT2D eigenvalue weighted by Gasteiger charge is 2.62. The molecule has 3 rings (SSSR count). The lowest BCUT2D eigenvalue weighted by molar-refractivity contribution is -0.176. The zero-order valence-electron chi connectivity index (χ0n) is 14.9. The largest absolute Gasteiger partial charge is 0.458 e. The second kappa shape index (κ2) is 5.67. The lowest BCUT2D eigenvalue weighted by Gasteiger charge is -2.60. The van der Waals surface area contributed by atoms with Crippen LogP contribution in [0.3, 0.4) is 0 Å². The Kier molecular flexibility index (Phi) is 4.16.